The van der Waals surface area contributed by atoms with Gasteiger partial charge in [-0.3, -0.25) is 0 Å². The number of hydrogen-bond acceptors (Lipinski definition) is 6. The van der Waals surface area contributed by atoms with Crippen LogP contribution < -0.4 is 14.2 Å². The summed E-state index contributed by atoms with van der Waals surface area (Å²) in [5.41, 5.74) is -0.0189. The third-order valence-electron chi connectivity index (χ3n) is 4.42. The zero-order chi connectivity index (χ0) is 19.0. The second-order valence-corrected chi connectivity index (χ2v) is 8.50. The first-order valence-corrected chi connectivity index (χ1v) is 10.2. The zero-order valence-corrected chi connectivity index (χ0v) is 15.8. The van der Waals surface area contributed by atoms with Gasteiger partial charge in [0, 0.05) is 19.2 Å². The lowest BCUT2D eigenvalue weighted by Crippen LogP contribution is -2.28. The molecule has 4 rings (SSSR count). The SMILES string of the molecule is O=C(Oc1ccc2c(c1)OCO2)c1cc(S(=O)(=O)N2CCCC2)ccc1Cl. The van der Waals surface area contributed by atoms with Crippen LogP contribution in [0.4, 0.5) is 0 Å². The molecule has 0 bridgehead atoms. The molecule has 27 heavy (non-hydrogen) atoms. The molecule has 0 aliphatic carbocycles. The summed E-state index contributed by atoms with van der Waals surface area (Å²) < 4.78 is 42.6. The number of rotatable bonds is 4. The Bertz CT molecular complexity index is 1000. The molecule has 0 radical (unpaired) electrons. The summed E-state index contributed by atoms with van der Waals surface area (Å²) >= 11 is 6.11. The van der Waals surface area contributed by atoms with Gasteiger partial charge in [0.15, 0.2) is 11.5 Å². The molecule has 2 heterocycles. The topological polar surface area (TPSA) is 82.1 Å². The number of ether oxygens (including phenoxy) is 3. The van der Waals surface area contributed by atoms with Gasteiger partial charge in [-0.25, -0.2) is 13.2 Å². The molecule has 0 amide bonds. The normalized spacial score (nSPS) is 16.5. The molecule has 7 nitrogen and oxygen atoms in total. The van der Waals surface area contributed by atoms with E-state index in [0.29, 0.717) is 24.6 Å². The third kappa shape index (κ3) is 3.47. The molecule has 2 aliphatic heterocycles. The minimum Gasteiger partial charge on any atom is -0.454 e. The molecular weight excluding hydrogens is 394 g/mol. The highest BCUT2D eigenvalue weighted by Gasteiger charge is 2.28. The lowest BCUT2D eigenvalue weighted by Gasteiger charge is -2.16. The Morgan fingerprint density at radius 1 is 1.04 bits per heavy atom. The van der Waals surface area contributed by atoms with Crippen LogP contribution in [0.25, 0.3) is 0 Å². The average Bonchev–Trinajstić information content (AvgIpc) is 3.33. The molecule has 142 valence electrons. The number of carbonyl (C=O) groups is 1. The molecule has 0 atom stereocenters. The molecule has 9 heteroatoms. The van der Waals surface area contributed by atoms with E-state index in [1.165, 1.54) is 28.6 Å². The minimum absolute atomic E-state index is 0.0189. The van der Waals surface area contributed by atoms with Crippen molar-refractivity contribution in [2.45, 2.75) is 17.7 Å². The van der Waals surface area contributed by atoms with Crippen molar-refractivity contribution in [2.24, 2.45) is 0 Å². The number of sulfonamides is 1. The Morgan fingerprint density at radius 3 is 2.56 bits per heavy atom. The Kier molecular flexibility index (Phi) is 4.71. The van der Waals surface area contributed by atoms with Crippen LogP contribution in [-0.4, -0.2) is 38.6 Å². The fourth-order valence-electron chi connectivity index (χ4n) is 3.00. The second-order valence-electron chi connectivity index (χ2n) is 6.16. The number of carbonyl (C=O) groups excluding carboxylic acids is 1. The van der Waals surface area contributed by atoms with Crippen LogP contribution in [0, 0.1) is 0 Å². The molecule has 0 N–H and O–H groups in total. The molecule has 0 saturated carbocycles. The molecular formula is C18H16ClNO6S. The van der Waals surface area contributed by atoms with Gasteiger partial charge in [-0.2, -0.15) is 4.31 Å². The smallest absolute Gasteiger partial charge is 0.345 e. The summed E-state index contributed by atoms with van der Waals surface area (Å²) in [5, 5.41) is 0.112. The Balaban J connectivity index is 1.60. The van der Waals surface area contributed by atoms with Gasteiger partial charge in [-0.05, 0) is 43.2 Å². The summed E-state index contributed by atoms with van der Waals surface area (Å²) in [6.45, 7) is 1.05. The highest BCUT2D eigenvalue weighted by atomic mass is 35.5. The molecule has 2 aromatic rings. The fraction of sp³-hybridized carbons (Fsp3) is 0.278. The van der Waals surface area contributed by atoms with Gasteiger partial charge in [0.2, 0.25) is 16.8 Å². The highest BCUT2D eigenvalue weighted by molar-refractivity contribution is 7.89. The molecule has 2 aliphatic rings. The number of halogens is 1. The fourth-order valence-corrected chi connectivity index (χ4v) is 4.74. The summed E-state index contributed by atoms with van der Waals surface area (Å²) in [6.07, 6.45) is 1.65. The number of nitrogens with zero attached hydrogens (tertiary/aromatic N) is 1. The number of esters is 1. The van der Waals surface area contributed by atoms with Crippen molar-refractivity contribution in [3.05, 3.63) is 47.0 Å². The number of benzene rings is 2. The van der Waals surface area contributed by atoms with Crippen LogP contribution in [0.3, 0.4) is 0 Å². The van der Waals surface area contributed by atoms with Crippen LogP contribution in [0.1, 0.15) is 23.2 Å². The lowest BCUT2D eigenvalue weighted by atomic mass is 10.2. The van der Waals surface area contributed by atoms with Crippen molar-refractivity contribution in [2.75, 3.05) is 19.9 Å². The van der Waals surface area contributed by atoms with Crippen molar-refractivity contribution in [3.63, 3.8) is 0 Å². The molecule has 0 spiro atoms. The maximum Gasteiger partial charge on any atom is 0.345 e. The molecule has 1 saturated heterocycles. The Morgan fingerprint density at radius 2 is 1.78 bits per heavy atom. The van der Waals surface area contributed by atoms with Gasteiger partial charge in [0.05, 0.1) is 15.5 Å². The lowest BCUT2D eigenvalue weighted by molar-refractivity contribution is 0.0734. The van der Waals surface area contributed by atoms with E-state index in [9.17, 15) is 13.2 Å². The van der Waals surface area contributed by atoms with Crippen LogP contribution in [0.5, 0.6) is 17.2 Å². The van der Waals surface area contributed by atoms with Crippen molar-refractivity contribution in [1.29, 1.82) is 0 Å². The maximum absolute atomic E-state index is 12.7. The Labute approximate surface area is 161 Å². The van der Waals surface area contributed by atoms with Crippen LogP contribution in [-0.2, 0) is 10.0 Å². The van der Waals surface area contributed by atoms with E-state index < -0.39 is 16.0 Å². The van der Waals surface area contributed by atoms with Crippen LogP contribution in [0.15, 0.2) is 41.3 Å². The monoisotopic (exact) mass is 409 g/mol. The summed E-state index contributed by atoms with van der Waals surface area (Å²) in [7, 11) is -3.66. The van der Waals surface area contributed by atoms with E-state index in [4.69, 9.17) is 25.8 Å². The molecule has 0 aromatic heterocycles. The van der Waals surface area contributed by atoms with Crippen LogP contribution in [0.2, 0.25) is 5.02 Å². The van der Waals surface area contributed by atoms with Crippen molar-refractivity contribution in [3.8, 4) is 17.2 Å². The predicted molar refractivity (Wildman–Crippen MR) is 97.0 cm³/mol. The van der Waals surface area contributed by atoms with Gasteiger partial charge >= 0.3 is 5.97 Å². The second kappa shape index (κ2) is 7.03. The predicted octanol–water partition coefficient (Wildman–Crippen LogP) is 3.07. The summed E-state index contributed by atoms with van der Waals surface area (Å²) in [4.78, 5) is 12.6. The van der Waals surface area contributed by atoms with Crippen LogP contribution >= 0.6 is 11.6 Å². The quantitative estimate of drug-likeness (QED) is 0.570. The first kappa shape index (κ1) is 18.1. The van der Waals surface area contributed by atoms with E-state index in [2.05, 4.69) is 0 Å². The van der Waals surface area contributed by atoms with Gasteiger partial charge in [0.1, 0.15) is 5.75 Å². The minimum atomic E-state index is -3.66. The third-order valence-corrected chi connectivity index (χ3v) is 6.64. The summed E-state index contributed by atoms with van der Waals surface area (Å²) in [6, 6.07) is 8.75. The molecule has 1 fully saturated rings. The largest absolute Gasteiger partial charge is 0.454 e. The molecule has 0 unspecified atom stereocenters. The number of hydrogen-bond donors (Lipinski definition) is 0. The summed E-state index contributed by atoms with van der Waals surface area (Å²) in [5.74, 6) is 0.522. The van der Waals surface area contributed by atoms with Crippen molar-refractivity contribution < 1.29 is 27.4 Å². The van der Waals surface area contributed by atoms with Crippen molar-refractivity contribution in [1.82, 2.24) is 4.31 Å². The van der Waals surface area contributed by atoms with E-state index in [0.717, 1.165) is 12.8 Å². The maximum atomic E-state index is 12.7. The van der Waals surface area contributed by atoms with Gasteiger partial charge in [-0.15, -0.1) is 0 Å². The molecule has 2 aromatic carbocycles. The van der Waals surface area contributed by atoms with E-state index >= 15 is 0 Å². The van der Waals surface area contributed by atoms with Gasteiger partial charge in [0.25, 0.3) is 0 Å². The standard InChI is InChI=1S/C18H16ClNO6S/c19-15-5-4-13(27(22,23)20-7-1-2-8-20)10-14(15)18(21)26-12-3-6-16-17(9-12)25-11-24-16/h3-6,9-10H,1-2,7-8,11H2. The first-order chi connectivity index (χ1) is 12.9. The Hall–Kier alpha value is -2.29. The van der Waals surface area contributed by atoms with Gasteiger partial charge in [-0.1, -0.05) is 11.6 Å². The number of fused-ring (bicyclic) bond motifs is 1. The van der Waals surface area contributed by atoms with E-state index in [-0.39, 0.29) is 28.0 Å². The highest BCUT2D eigenvalue weighted by Crippen LogP contribution is 2.35. The first-order valence-electron chi connectivity index (χ1n) is 8.37. The van der Waals surface area contributed by atoms with E-state index in [1.54, 1.807) is 12.1 Å². The van der Waals surface area contributed by atoms with Gasteiger partial charge < -0.3 is 14.2 Å². The van der Waals surface area contributed by atoms with Crippen molar-refractivity contribution >= 4 is 27.6 Å². The van der Waals surface area contributed by atoms with E-state index in [1.807, 2.05) is 0 Å². The zero-order valence-electron chi connectivity index (χ0n) is 14.2. The average molecular weight is 410 g/mol.